The topological polar surface area (TPSA) is 43.3 Å². The Morgan fingerprint density at radius 2 is 1.89 bits per heavy atom. The molecule has 1 amide bonds. The van der Waals surface area contributed by atoms with Crippen LogP contribution in [-0.4, -0.2) is 10.5 Å². The van der Waals surface area contributed by atoms with Crippen molar-refractivity contribution < 1.29 is 9.53 Å². The van der Waals surface area contributed by atoms with E-state index in [1.165, 1.54) is 0 Å². The number of para-hydroxylation sites is 1. The number of hydrogen-bond donors (Lipinski definition) is 1. The lowest BCUT2D eigenvalue weighted by atomic mass is 10.2. The minimum absolute atomic E-state index is 0.0989. The molecule has 0 saturated heterocycles. The first kappa shape index (κ1) is 18.3. The number of fused-ring (bicyclic) bond motifs is 1. The Morgan fingerprint density at radius 3 is 2.68 bits per heavy atom. The maximum absolute atomic E-state index is 12.9. The molecule has 0 aliphatic heterocycles. The van der Waals surface area contributed by atoms with E-state index >= 15 is 0 Å². The lowest BCUT2D eigenvalue weighted by molar-refractivity contribution is 0.101. The van der Waals surface area contributed by atoms with Crippen molar-refractivity contribution in [2.45, 2.75) is 26.5 Å². The molecule has 0 aliphatic rings. The zero-order valence-electron chi connectivity index (χ0n) is 15.9. The maximum Gasteiger partial charge on any atom is 0.272 e. The van der Waals surface area contributed by atoms with Gasteiger partial charge < -0.3 is 14.6 Å². The second-order valence-electron chi connectivity index (χ2n) is 6.92. The fourth-order valence-electron chi connectivity index (χ4n) is 3.29. The van der Waals surface area contributed by atoms with E-state index < -0.39 is 0 Å². The molecule has 142 valence electrons. The Hall–Kier alpha value is -3.05. The van der Waals surface area contributed by atoms with Crippen molar-refractivity contribution >= 4 is 33.1 Å². The van der Waals surface area contributed by atoms with Gasteiger partial charge in [0.05, 0.1) is 10.2 Å². The van der Waals surface area contributed by atoms with Crippen molar-refractivity contribution in [3.8, 4) is 5.75 Å². The van der Waals surface area contributed by atoms with Gasteiger partial charge in [-0.05, 0) is 61.2 Å². The molecule has 2 aromatic heterocycles. The summed E-state index contributed by atoms with van der Waals surface area (Å²) in [6.45, 7) is 4.64. The third-order valence-electron chi connectivity index (χ3n) is 4.54. The fourth-order valence-corrected chi connectivity index (χ4v) is 4.10. The Labute approximate surface area is 168 Å². The number of carbonyl (C=O) groups excluding carboxylic acids is 1. The first-order valence-corrected chi connectivity index (χ1v) is 10.2. The number of carbonyl (C=O) groups is 1. The van der Waals surface area contributed by atoms with Crippen LogP contribution >= 0.6 is 11.3 Å². The van der Waals surface area contributed by atoms with Gasteiger partial charge in [0.15, 0.2) is 0 Å². The molecule has 4 nitrogen and oxygen atoms in total. The average molecular weight is 391 g/mol. The summed E-state index contributed by atoms with van der Waals surface area (Å²) in [5, 5.41) is 5.09. The molecule has 0 fully saturated rings. The number of rotatable bonds is 6. The van der Waals surface area contributed by atoms with Crippen LogP contribution in [-0.2, 0) is 6.61 Å². The summed E-state index contributed by atoms with van der Waals surface area (Å²) < 4.78 is 9.02. The van der Waals surface area contributed by atoms with Gasteiger partial charge >= 0.3 is 0 Å². The second-order valence-corrected chi connectivity index (χ2v) is 7.87. The maximum atomic E-state index is 12.9. The van der Waals surface area contributed by atoms with Gasteiger partial charge in [-0.3, -0.25) is 4.79 Å². The van der Waals surface area contributed by atoms with Gasteiger partial charge in [0.2, 0.25) is 0 Å². The lowest BCUT2D eigenvalue weighted by Crippen LogP contribution is -2.18. The minimum atomic E-state index is -0.0989. The molecule has 1 N–H and O–H groups in total. The summed E-state index contributed by atoms with van der Waals surface area (Å²) in [5.74, 6) is 0.727. The number of thiophene rings is 1. The predicted molar refractivity (Wildman–Crippen MR) is 115 cm³/mol. The van der Waals surface area contributed by atoms with E-state index in [-0.39, 0.29) is 11.9 Å². The molecular formula is C23H22N2O2S. The molecule has 2 aromatic carbocycles. The molecule has 0 spiro atoms. The summed E-state index contributed by atoms with van der Waals surface area (Å²) in [6, 6.07) is 21.7. The van der Waals surface area contributed by atoms with Gasteiger partial charge in [-0.2, -0.15) is 0 Å². The number of aromatic nitrogens is 1. The molecule has 4 rings (SSSR count). The van der Waals surface area contributed by atoms with Crippen molar-refractivity contribution in [3.63, 3.8) is 0 Å². The number of nitrogens with zero attached hydrogens (tertiary/aromatic N) is 1. The molecule has 4 aromatic rings. The molecule has 0 aliphatic carbocycles. The second kappa shape index (κ2) is 7.90. The Kier molecular flexibility index (Phi) is 5.17. The van der Waals surface area contributed by atoms with Gasteiger partial charge in [0.1, 0.15) is 18.1 Å². The number of anilines is 1. The highest BCUT2D eigenvalue weighted by Crippen LogP contribution is 2.29. The standard InChI is InChI=1S/C23H22N2O2S/c1-16(2)25-20-11-12-28-22(20)14-21(25)23(26)24-18-8-6-7-17(13-18)15-27-19-9-4-3-5-10-19/h3-14,16H,15H2,1-2H3,(H,24,26). The molecule has 0 atom stereocenters. The molecular weight excluding hydrogens is 368 g/mol. The van der Waals surface area contributed by atoms with Crippen molar-refractivity contribution in [1.29, 1.82) is 0 Å². The SMILES string of the molecule is CC(C)n1c(C(=O)Nc2cccc(COc3ccccc3)c2)cc2sccc21. The molecule has 0 unspecified atom stereocenters. The van der Waals surface area contributed by atoms with Crippen LogP contribution in [0.15, 0.2) is 72.1 Å². The highest BCUT2D eigenvalue weighted by molar-refractivity contribution is 7.17. The fraction of sp³-hybridized carbons (Fsp3) is 0.174. The third kappa shape index (κ3) is 3.80. The number of ether oxygens (including phenoxy) is 1. The van der Waals surface area contributed by atoms with Crippen LogP contribution < -0.4 is 10.1 Å². The lowest BCUT2D eigenvalue weighted by Gasteiger charge is -2.14. The first-order valence-electron chi connectivity index (χ1n) is 9.28. The Bertz CT molecular complexity index is 1100. The van der Waals surface area contributed by atoms with Crippen LogP contribution in [0.25, 0.3) is 10.2 Å². The monoisotopic (exact) mass is 390 g/mol. The number of amides is 1. The smallest absolute Gasteiger partial charge is 0.272 e. The van der Waals surface area contributed by atoms with Gasteiger partial charge in [-0.15, -0.1) is 11.3 Å². The van der Waals surface area contributed by atoms with E-state index in [2.05, 4.69) is 35.2 Å². The molecule has 0 bridgehead atoms. The van der Waals surface area contributed by atoms with Crippen LogP contribution in [0.2, 0.25) is 0 Å². The Morgan fingerprint density at radius 1 is 1.07 bits per heavy atom. The first-order chi connectivity index (χ1) is 13.6. The van der Waals surface area contributed by atoms with Gasteiger partial charge in [-0.1, -0.05) is 30.3 Å². The van der Waals surface area contributed by atoms with Gasteiger partial charge in [0.25, 0.3) is 5.91 Å². The van der Waals surface area contributed by atoms with Crippen molar-refractivity contribution in [3.05, 3.63) is 83.4 Å². The van der Waals surface area contributed by atoms with Crippen LogP contribution in [0, 0.1) is 0 Å². The van der Waals surface area contributed by atoms with E-state index in [1.807, 2.05) is 60.7 Å². The number of benzene rings is 2. The van der Waals surface area contributed by atoms with E-state index in [4.69, 9.17) is 4.74 Å². The molecule has 2 heterocycles. The molecule has 0 radical (unpaired) electrons. The summed E-state index contributed by atoms with van der Waals surface area (Å²) in [7, 11) is 0. The normalized spacial score (nSPS) is 11.1. The highest BCUT2D eigenvalue weighted by atomic mass is 32.1. The zero-order valence-corrected chi connectivity index (χ0v) is 16.7. The van der Waals surface area contributed by atoms with Gasteiger partial charge in [0, 0.05) is 11.7 Å². The quantitative estimate of drug-likeness (QED) is 0.431. The number of hydrogen-bond acceptors (Lipinski definition) is 3. The molecule has 0 saturated carbocycles. The van der Waals surface area contributed by atoms with Crippen LogP contribution in [0.1, 0.15) is 35.9 Å². The predicted octanol–water partition coefficient (Wildman–Crippen LogP) is 6.12. The van der Waals surface area contributed by atoms with Crippen molar-refractivity contribution in [2.24, 2.45) is 0 Å². The number of nitrogens with one attached hydrogen (secondary N) is 1. The van der Waals surface area contributed by atoms with Crippen molar-refractivity contribution in [2.75, 3.05) is 5.32 Å². The largest absolute Gasteiger partial charge is 0.489 e. The molecule has 28 heavy (non-hydrogen) atoms. The summed E-state index contributed by atoms with van der Waals surface area (Å²) in [4.78, 5) is 12.9. The van der Waals surface area contributed by atoms with Crippen molar-refractivity contribution in [1.82, 2.24) is 4.57 Å². The van der Waals surface area contributed by atoms with E-state index in [0.717, 1.165) is 27.2 Å². The Balaban J connectivity index is 1.51. The van der Waals surface area contributed by atoms with Crippen LogP contribution in [0.4, 0.5) is 5.69 Å². The summed E-state index contributed by atoms with van der Waals surface area (Å²) in [6.07, 6.45) is 0. The highest BCUT2D eigenvalue weighted by Gasteiger charge is 2.18. The van der Waals surface area contributed by atoms with Crippen LogP contribution in [0.5, 0.6) is 5.75 Å². The zero-order chi connectivity index (χ0) is 19.5. The van der Waals surface area contributed by atoms with E-state index in [0.29, 0.717) is 12.3 Å². The third-order valence-corrected chi connectivity index (χ3v) is 5.40. The van der Waals surface area contributed by atoms with E-state index in [1.54, 1.807) is 11.3 Å². The average Bonchev–Trinajstić information content (AvgIpc) is 3.28. The summed E-state index contributed by atoms with van der Waals surface area (Å²) in [5.41, 5.74) is 3.55. The minimum Gasteiger partial charge on any atom is -0.489 e. The van der Waals surface area contributed by atoms with Gasteiger partial charge in [-0.25, -0.2) is 0 Å². The molecule has 5 heteroatoms. The van der Waals surface area contributed by atoms with E-state index in [9.17, 15) is 4.79 Å². The van der Waals surface area contributed by atoms with Crippen LogP contribution in [0.3, 0.4) is 0 Å². The summed E-state index contributed by atoms with van der Waals surface area (Å²) >= 11 is 1.65.